The van der Waals surface area contributed by atoms with Crippen molar-refractivity contribution in [3.05, 3.63) is 98.9 Å². The predicted octanol–water partition coefficient (Wildman–Crippen LogP) is 6.85. The average Bonchev–Trinajstić information content (AvgIpc) is 3.32. The van der Waals surface area contributed by atoms with E-state index in [0.717, 1.165) is 85.5 Å². The smallest absolute Gasteiger partial charge is 0.338 e. The largest absolute Gasteiger partial charge is 0.491 e. The van der Waals surface area contributed by atoms with E-state index < -0.39 is 0 Å². The highest BCUT2D eigenvalue weighted by atomic mass is 35.5. The summed E-state index contributed by atoms with van der Waals surface area (Å²) in [7, 11) is 2.14. The van der Waals surface area contributed by atoms with Gasteiger partial charge in [0.25, 0.3) is 5.56 Å². The molecule has 2 heterocycles. The number of likely N-dealkylation sites (tertiary alicyclic amines) is 1. The molecule has 0 amide bonds. The Morgan fingerprint density at radius 2 is 1.71 bits per heavy atom. The standard InChI is InChI=1S/C22H24ClN3O.C16H26N2O3/c1-25-13-4-5-18(12-14-25)26-22(27)20-7-3-2-6-19(20)21(24-26)15-16-8-10-17(23)11-9-16;1-4-10-20-15-8-7-13(12-14(15)17)16(19)21-11-9-18(5-2)6-3/h2-3,6-11,18H,4-5,12-15H2,1H3;7-8,12H,4-6,9-11,17H2,1-3H3. The summed E-state index contributed by atoms with van der Waals surface area (Å²) < 4.78 is 12.5. The molecule has 1 atom stereocenters. The van der Waals surface area contributed by atoms with Crippen LogP contribution in [0.3, 0.4) is 0 Å². The molecule has 0 radical (unpaired) electrons. The summed E-state index contributed by atoms with van der Waals surface area (Å²) >= 11 is 6.02. The molecule has 1 fully saturated rings. The number of halogens is 1. The maximum absolute atomic E-state index is 13.1. The maximum Gasteiger partial charge on any atom is 0.338 e. The summed E-state index contributed by atoms with van der Waals surface area (Å²) in [5.74, 6) is 0.257. The van der Waals surface area contributed by atoms with Crippen molar-refractivity contribution in [3.8, 4) is 5.75 Å². The fourth-order valence-corrected chi connectivity index (χ4v) is 5.95. The summed E-state index contributed by atoms with van der Waals surface area (Å²) in [5.41, 5.74) is 8.91. The van der Waals surface area contributed by atoms with E-state index in [0.29, 0.717) is 36.6 Å². The molecule has 4 aromatic rings. The summed E-state index contributed by atoms with van der Waals surface area (Å²) in [6.07, 6.45) is 4.64. The van der Waals surface area contributed by atoms with Crippen LogP contribution in [0.4, 0.5) is 5.69 Å². The molecule has 0 saturated carbocycles. The van der Waals surface area contributed by atoms with Crippen LogP contribution < -0.4 is 16.0 Å². The first-order valence-electron chi connectivity index (χ1n) is 17.1. The predicted molar refractivity (Wildman–Crippen MR) is 195 cm³/mol. The number of hydrogen-bond acceptors (Lipinski definition) is 8. The number of nitrogen functional groups attached to an aromatic ring is 1. The highest BCUT2D eigenvalue weighted by Crippen LogP contribution is 2.25. The van der Waals surface area contributed by atoms with Gasteiger partial charge in [0.15, 0.2) is 0 Å². The van der Waals surface area contributed by atoms with E-state index in [1.165, 1.54) is 0 Å². The van der Waals surface area contributed by atoms with Crippen molar-refractivity contribution in [2.45, 2.75) is 58.9 Å². The second kappa shape index (κ2) is 18.6. The van der Waals surface area contributed by atoms with E-state index >= 15 is 0 Å². The number of fused-ring (bicyclic) bond motifs is 1. The second-order valence-corrected chi connectivity index (χ2v) is 12.6. The molecule has 9 nitrogen and oxygen atoms in total. The van der Waals surface area contributed by atoms with Crippen molar-refractivity contribution < 1.29 is 14.3 Å². The fraction of sp³-hybridized carbons (Fsp3) is 0.447. The number of rotatable bonds is 12. The second-order valence-electron chi connectivity index (χ2n) is 12.2. The van der Waals surface area contributed by atoms with Crippen molar-refractivity contribution in [3.63, 3.8) is 0 Å². The van der Waals surface area contributed by atoms with Gasteiger partial charge in [-0.3, -0.25) is 4.79 Å². The highest BCUT2D eigenvalue weighted by Gasteiger charge is 2.21. The number of carbonyl (C=O) groups excluding carboxylic acids is 1. The van der Waals surface area contributed by atoms with Gasteiger partial charge in [-0.1, -0.05) is 62.7 Å². The first kappa shape index (κ1) is 36.9. The average molecular weight is 676 g/mol. The molecule has 258 valence electrons. The minimum atomic E-state index is -0.351. The lowest BCUT2D eigenvalue weighted by Crippen LogP contribution is -2.29. The molecule has 0 spiro atoms. The van der Waals surface area contributed by atoms with Gasteiger partial charge in [-0.2, -0.15) is 5.10 Å². The van der Waals surface area contributed by atoms with E-state index in [2.05, 4.69) is 30.7 Å². The maximum atomic E-state index is 13.1. The van der Waals surface area contributed by atoms with Crippen LogP contribution in [0.5, 0.6) is 5.75 Å². The molecular weight excluding hydrogens is 626 g/mol. The molecule has 0 aliphatic carbocycles. The molecule has 1 saturated heterocycles. The van der Waals surface area contributed by atoms with Crippen molar-refractivity contribution in [1.82, 2.24) is 19.6 Å². The van der Waals surface area contributed by atoms with Gasteiger partial charge in [0.2, 0.25) is 0 Å². The van der Waals surface area contributed by atoms with Gasteiger partial charge >= 0.3 is 5.97 Å². The van der Waals surface area contributed by atoms with Gasteiger partial charge in [0.1, 0.15) is 12.4 Å². The van der Waals surface area contributed by atoms with Crippen LogP contribution in [0.1, 0.15) is 74.1 Å². The Morgan fingerprint density at radius 1 is 0.979 bits per heavy atom. The number of benzene rings is 3. The molecule has 1 aliphatic heterocycles. The Hall–Kier alpha value is -3.92. The lowest BCUT2D eigenvalue weighted by Gasteiger charge is -2.19. The molecule has 0 bridgehead atoms. The summed E-state index contributed by atoms with van der Waals surface area (Å²) in [6, 6.07) is 20.8. The Morgan fingerprint density at radius 3 is 2.40 bits per heavy atom. The normalized spacial score (nSPS) is 15.1. The Kier molecular flexibility index (Phi) is 14.3. The van der Waals surface area contributed by atoms with Crippen LogP contribution in [0.15, 0.2) is 71.5 Å². The van der Waals surface area contributed by atoms with E-state index in [4.69, 9.17) is 31.9 Å². The molecule has 1 aromatic heterocycles. The van der Waals surface area contributed by atoms with Gasteiger partial charge in [0.05, 0.1) is 35.0 Å². The highest BCUT2D eigenvalue weighted by molar-refractivity contribution is 6.30. The molecule has 10 heteroatoms. The topological polar surface area (TPSA) is 103 Å². The van der Waals surface area contributed by atoms with Crippen molar-refractivity contribution in [2.24, 2.45) is 0 Å². The van der Waals surface area contributed by atoms with Gasteiger partial charge < -0.3 is 25.0 Å². The quantitative estimate of drug-likeness (QED) is 0.128. The van der Waals surface area contributed by atoms with Crippen molar-refractivity contribution in [2.75, 3.05) is 58.7 Å². The number of nitrogens with two attached hydrogens (primary N) is 1. The van der Waals surface area contributed by atoms with E-state index in [1.807, 2.05) is 55.5 Å². The minimum absolute atomic E-state index is 0.0278. The number of likely N-dealkylation sites (N-methyl/N-ethyl adjacent to an activating group) is 1. The first-order valence-corrected chi connectivity index (χ1v) is 17.5. The molecular formula is C38H50ClN5O4. The molecule has 3 aromatic carbocycles. The van der Waals surface area contributed by atoms with Crippen LogP contribution in [0, 0.1) is 0 Å². The zero-order valence-electron chi connectivity index (χ0n) is 28.8. The number of esters is 1. The molecule has 48 heavy (non-hydrogen) atoms. The summed E-state index contributed by atoms with van der Waals surface area (Å²) in [6.45, 7) is 11.9. The Balaban J connectivity index is 0.000000225. The van der Waals surface area contributed by atoms with Crippen LogP contribution in [-0.2, 0) is 11.2 Å². The van der Waals surface area contributed by atoms with E-state index in [1.54, 1.807) is 22.9 Å². The monoisotopic (exact) mass is 675 g/mol. The SMILES string of the molecule is CCCOc1ccc(C(=O)OCCN(CC)CC)cc1N.CN1CCCC(n2nc(Cc3ccc(Cl)cc3)c3ccccc3c2=O)CC1. The first-order chi connectivity index (χ1) is 23.2. The van der Waals surface area contributed by atoms with Gasteiger partial charge in [-0.15, -0.1) is 0 Å². The molecule has 1 unspecified atom stereocenters. The number of aromatic nitrogens is 2. The van der Waals surface area contributed by atoms with Crippen molar-refractivity contribution >= 4 is 34.0 Å². The lowest BCUT2D eigenvalue weighted by atomic mass is 10.0. The van der Waals surface area contributed by atoms with Crippen LogP contribution in [0.25, 0.3) is 10.8 Å². The number of carbonyl (C=O) groups is 1. The number of anilines is 1. The van der Waals surface area contributed by atoms with E-state index in [-0.39, 0.29) is 17.6 Å². The third kappa shape index (κ3) is 10.3. The zero-order valence-corrected chi connectivity index (χ0v) is 29.5. The molecule has 2 N–H and O–H groups in total. The summed E-state index contributed by atoms with van der Waals surface area (Å²) in [4.78, 5) is 29.6. The van der Waals surface area contributed by atoms with Gasteiger partial charge in [-0.25, -0.2) is 9.48 Å². The third-order valence-corrected chi connectivity index (χ3v) is 8.95. The number of hydrogen-bond donors (Lipinski definition) is 1. The lowest BCUT2D eigenvalue weighted by molar-refractivity contribution is 0.0466. The number of nitrogens with zero attached hydrogens (tertiary/aromatic N) is 4. The fourth-order valence-electron chi connectivity index (χ4n) is 5.82. The Labute approximate surface area is 289 Å². The number of ether oxygens (including phenoxy) is 2. The minimum Gasteiger partial charge on any atom is -0.491 e. The summed E-state index contributed by atoms with van der Waals surface area (Å²) in [5, 5.41) is 7.29. The van der Waals surface area contributed by atoms with Gasteiger partial charge in [-0.05, 0) is 101 Å². The van der Waals surface area contributed by atoms with Crippen molar-refractivity contribution in [1.29, 1.82) is 0 Å². The molecule has 1 aliphatic rings. The van der Waals surface area contributed by atoms with Crippen LogP contribution >= 0.6 is 11.6 Å². The van der Waals surface area contributed by atoms with Crippen LogP contribution in [-0.4, -0.2) is 78.5 Å². The van der Waals surface area contributed by atoms with Crippen LogP contribution in [0.2, 0.25) is 5.02 Å². The molecule has 5 rings (SSSR count). The Bertz CT molecular complexity index is 1670. The van der Waals surface area contributed by atoms with Gasteiger partial charge in [0, 0.05) is 23.4 Å². The zero-order chi connectivity index (χ0) is 34.5. The third-order valence-electron chi connectivity index (χ3n) is 8.70. The van der Waals surface area contributed by atoms with E-state index in [9.17, 15) is 9.59 Å².